The van der Waals surface area contributed by atoms with Gasteiger partial charge in [0.2, 0.25) is 0 Å². The van der Waals surface area contributed by atoms with Crippen LogP contribution in [0.5, 0.6) is 0 Å². The summed E-state index contributed by atoms with van der Waals surface area (Å²) in [5.41, 5.74) is 2.30. The van der Waals surface area contributed by atoms with Crippen LogP contribution in [0.1, 0.15) is 60.8 Å². The van der Waals surface area contributed by atoms with Crippen LogP contribution < -0.4 is 0 Å². The molecule has 1 unspecified atom stereocenters. The molecule has 110 valence electrons. The highest BCUT2D eigenvalue weighted by Crippen LogP contribution is 2.20. The van der Waals surface area contributed by atoms with Crippen LogP contribution in [0.15, 0.2) is 23.3 Å². The Bertz CT molecular complexity index is 324. The van der Waals surface area contributed by atoms with E-state index in [4.69, 9.17) is 4.74 Å². The third kappa shape index (κ3) is 9.52. The lowest BCUT2D eigenvalue weighted by Gasteiger charge is -2.13. The van der Waals surface area contributed by atoms with E-state index in [1.807, 2.05) is 13.8 Å². The van der Waals surface area contributed by atoms with Crippen LogP contribution in [-0.2, 0) is 9.53 Å². The lowest BCUT2D eigenvalue weighted by atomic mass is 9.93. The molecule has 0 heterocycles. The molecule has 0 aromatic carbocycles. The molecule has 0 aliphatic rings. The Kier molecular flexibility index (Phi) is 9.28. The first-order valence-electron chi connectivity index (χ1n) is 7.40. The molecule has 19 heavy (non-hydrogen) atoms. The summed E-state index contributed by atoms with van der Waals surface area (Å²) in [6.45, 7) is 13.1. The highest BCUT2D eigenvalue weighted by atomic mass is 16.5. The number of hydrogen-bond donors (Lipinski definition) is 0. The molecule has 0 rings (SSSR count). The fourth-order valence-corrected chi connectivity index (χ4v) is 1.97. The summed E-state index contributed by atoms with van der Waals surface area (Å²) < 4.78 is 4.90. The third-order valence-corrected chi connectivity index (χ3v) is 3.28. The molecule has 2 nitrogen and oxygen atoms in total. The van der Waals surface area contributed by atoms with E-state index in [1.54, 1.807) is 6.08 Å². The average molecular weight is 266 g/mol. The zero-order valence-corrected chi connectivity index (χ0v) is 13.5. The standard InChI is InChI=1S/C17H30O2/c1-7-19-17(18)12-14(4)11-16(6)15(5)10-8-9-13(2)3/h11-13,15H,7-10H2,1-6H3/b14-12+,16-11+. The van der Waals surface area contributed by atoms with E-state index in [0.29, 0.717) is 12.5 Å². The fourth-order valence-electron chi connectivity index (χ4n) is 1.97. The second-order valence-corrected chi connectivity index (χ2v) is 5.75. The van der Waals surface area contributed by atoms with Crippen molar-refractivity contribution in [1.82, 2.24) is 0 Å². The quantitative estimate of drug-likeness (QED) is 0.354. The summed E-state index contributed by atoms with van der Waals surface area (Å²) in [6, 6.07) is 0. The molecule has 0 N–H and O–H groups in total. The number of allylic oxidation sites excluding steroid dienone is 3. The number of esters is 1. The van der Waals surface area contributed by atoms with Crippen molar-refractivity contribution in [2.75, 3.05) is 6.61 Å². The largest absolute Gasteiger partial charge is 0.463 e. The molecule has 1 atom stereocenters. The van der Waals surface area contributed by atoms with Gasteiger partial charge in [0.25, 0.3) is 0 Å². The molecular weight excluding hydrogens is 236 g/mol. The Hall–Kier alpha value is -1.05. The average Bonchev–Trinajstić information content (AvgIpc) is 2.27. The monoisotopic (exact) mass is 266 g/mol. The van der Waals surface area contributed by atoms with Gasteiger partial charge in [-0.15, -0.1) is 0 Å². The minimum Gasteiger partial charge on any atom is -0.463 e. The predicted molar refractivity (Wildman–Crippen MR) is 82.0 cm³/mol. The summed E-state index contributed by atoms with van der Waals surface area (Å²) in [7, 11) is 0. The molecule has 0 saturated heterocycles. The minimum absolute atomic E-state index is 0.253. The van der Waals surface area contributed by atoms with Crippen molar-refractivity contribution in [2.45, 2.75) is 60.8 Å². The van der Waals surface area contributed by atoms with Gasteiger partial charge in [-0.3, -0.25) is 0 Å². The molecule has 0 amide bonds. The van der Waals surface area contributed by atoms with Crippen molar-refractivity contribution in [3.63, 3.8) is 0 Å². The minimum atomic E-state index is -0.253. The Balaban J connectivity index is 4.33. The van der Waals surface area contributed by atoms with Crippen LogP contribution in [0.4, 0.5) is 0 Å². The Morgan fingerprint density at radius 3 is 2.26 bits per heavy atom. The van der Waals surface area contributed by atoms with Gasteiger partial charge in [-0.2, -0.15) is 0 Å². The van der Waals surface area contributed by atoms with Crippen molar-refractivity contribution in [1.29, 1.82) is 0 Å². The summed E-state index contributed by atoms with van der Waals surface area (Å²) in [5, 5.41) is 0. The van der Waals surface area contributed by atoms with Gasteiger partial charge in [0.15, 0.2) is 0 Å². The maximum atomic E-state index is 11.3. The van der Waals surface area contributed by atoms with Crippen molar-refractivity contribution >= 4 is 5.97 Å². The number of carbonyl (C=O) groups is 1. The van der Waals surface area contributed by atoms with Gasteiger partial charge in [0, 0.05) is 6.08 Å². The van der Waals surface area contributed by atoms with E-state index < -0.39 is 0 Å². The van der Waals surface area contributed by atoms with E-state index >= 15 is 0 Å². The maximum Gasteiger partial charge on any atom is 0.330 e. The van der Waals surface area contributed by atoms with Crippen LogP contribution in [0, 0.1) is 11.8 Å². The van der Waals surface area contributed by atoms with Gasteiger partial charge in [-0.25, -0.2) is 4.79 Å². The van der Waals surface area contributed by atoms with E-state index in [9.17, 15) is 4.79 Å². The molecule has 2 heteroatoms. The van der Waals surface area contributed by atoms with Gasteiger partial charge in [-0.1, -0.05) is 45.3 Å². The molecule has 0 radical (unpaired) electrons. The first-order valence-corrected chi connectivity index (χ1v) is 7.40. The van der Waals surface area contributed by atoms with Crippen molar-refractivity contribution < 1.29 is 9.53 Å². The number of ether oxygens (including phenoxy) is 1. The van der Waals surface area contributed by atoms with Crippen LogP contribution in [0.2, 0.25) is 0 Å². The molecule has 0 bridgehead atoms. The van der Waals surface area contributed by atoms with Gasteiger partial charge in [0.1, 0.15) is 0 Å². The van der Waals surface area contributed by atoms with E-state index in [2.05, 4.69) is 33.8 Å². The van der Waals surface area contributed by atoms with E-state index in [1.165, 1.54) is 24.8 Å². The summed E-state index contributed by atoms with van der Waals surface area (Å²) in [4.78, 5) is 11.3. The van der Waals surface area contributed by atoms with E-state index in [-0.39, 0.29) is 5.97 Å². The topological polar surface area (TPSA) is 26.3 Å². The molecule has 0 aromatic rings. The van der Waals surface area contributed by atoms with Crippen LogP contribution >= 0.6 is 0 Å². The maximum absolute atomic E-state index is 11.3. The zero-order valence-electron chi connectivity index (χ0n) is 13.5. The Labute approximate surface area is 118 Å². The molecule has 0 saturated carbocycles. The van der Waals surface area contributed by atoms with Crippen LogP contribution in [-0.4, -0.2) is 12.6 Å². The molecule has 0 aliphatic carbocycles. The van der Waals surface area contributed by atoms with Crippen molar-refractivity contribution in [2.24, 2.45) is 11.8 Å². The number of carbonyl (C=O) groups excluding carboxylic acids is 1. The summed E-state index contributed by atoms with van der Waals surface area (Å²) in [5.74, 6) is 1.10. The SMILES string of the molecule is CCOC(=O)/C=C(C)/C=C(\C)C(C)CCCC(C)C. The first kappa shape index (κ1) is 17.9. The highest BCUT2D eigenvalue weighted by Gasteiger charge is 2.05. The Morgan fingerprint density at radius 1 is 1.11 bits per heavy atom. The lowest BCUT2D eigenvalue weighted by molar-refractivity contribution is -0.137. The summed E-state index contributed by atoms with van der Waals surface area (Å²) >= 11 is 0. The third-order valence-electron chi connectivity index (χ3n) is 3.28. The molecule has 0 aliphatic heterocycles. The normalized spacial score (nSPS) is 14.7. The van der Waals surface area contributed by atoms with Gasteiger partial charge in [0.05, 0.1) is 6.61 Å². The number of rotatable bonds is 8. The van der Waals surface area contributed by atoms with Gasteiger partial charge < -0.3 is 4.74 Å². The number of hydrogen-bond acceptors (Lipinski definition) is 2. The first-order chi connectivity index (χ1) is 8.86. The van der Waals surface area contributed by atoms with E-state index in [0.717, 1.165) is 11.5 Å². The molecule has 0 spiro atoms. The fraction of sp³-hybridized carbons (Fsp3) is 0.706. The molecule has 0 aromatic heterocycles. The smallest absolute Gasteiger partial charge is 0.330 e. The van der Waals surface area contributed by atoms with Crippen LogP contribution in [0.3, 0.4) is 0 Å². The predicted octanol–water partition coefficient (Wildman–Crippen LogP) is 4.90. The zero-order chi connectivity index (χ0) is 14.8. The molecular formula is C17H30O2. The highest BCUT2D eigenvalue weighted by molar-refractivity contribution is 5.83. The van der Waals surface area contributed by atoms with Gasteiger partial charge >= 0.3 is 5.97 Å². The van der Waals surface area contributed by atoms with Crippen molar-refractivity contribution in [3.05, 3.63) is 23.3 Å². The van der Waals surface area contributed by atoms with Crippen LogP contribution in [0.25, 0.3) is 0 Å². The van der Waals surface area contributed by atoms with Crippen molar-refractivity contribution in [3.8, 4) is 0 Å². The molecule has 0 fully saturated rings. The lowest BCUT2D eigenvalue weighted by Crippen LogP contribution is -2.01. The van der Waals surface area contributed by atoms with Gasteiger partial charge in [-0.05, 0) is 44.6 Å². The Morgan fingerprint density at radius 2 is 1.74 bits per heavy atom. The second kappa shape index (κ2) is 9.82. The second-order valence-electron chi connectivity index (χ2n) is 5.75. The summed E-state index contributed by atoms with van der Waals surface area (Å²) in [6.07, 6.45) is 7.43.